The summed E-state index contributed by atoms with van der Waals surface area (Å²) in [6.45, 7) is 8.19. The van der Waals surface area contributed by atoms with E-state index in [1.54, 1.807) is 0 Å². The Balaban J connectivity index is 1.01. The fraction of sp³-hybridized carbons (Fsp3) is 0.600. The van der Waals surface area contributed by atoms with Crippen LogP contribution < -0.4 is 0 Å². The second-order valence-corrected chi connectivity index (χ2v) is 12.2. The van der Waals surface area contributed by atoms with Gasteiger partial charge in [-0.3, -0.25) is 29.0 Å². The summed E-state index contributed by atoms with van der Waals surface area (Å²) in [4.78, 5) is 55.4. The SMILES string of the molecule is C=CCC12C=CC(C1)C1C(=O)N(CCCC(O)CCN3C(=O)C4C5C=CC(CC=C)(C5)C4C3=O)C(=O)C12. The van der Waals surface area contributed by atoms with Crippen molar-refractivity contribution in [3.63, 3.8) is 0 Å². The summed E-state index contributed by atoms with van der Waals surface area (Å²) < 4.78 is 0. The zero-order valence-electron chi connectivity index (χ0n) is 21.3. The smallest absolute Gasteiger partial charge is 0.234 e. The van der Waals surface area contributed by atoms with Crippen LogP contribution in [-0.4, -0.2) is 57.7 Å². The minimum Gasteiger partial charge on any atom is -0.393 e. The van der Waals surface area contributed by atoms with Gasteiger partial charge in [-0.2, -0.15) is 0 Å². The first-order valence-electron chi connectivity index (χ1n) is 13.8. The molecule has 2 heterocycles. The monoisotopic (exact) mass is 504 g/mol. The van der Waals surface area contributed by atoms with Gasteiger partial charge in [0.15, 0.2) is 0 Å². The largest absolute Gasteiger partial charge is 0.393 e. The zero-order chi connectivity index (χ0) is 26.1. The van der Waals surface area contributed by atoms with Gasteiger partial charge >= 0.3 is 0 Å². The standard InChI is InChI=1S/C30H36N2O5/c1-3-10-29-12-7-18(16-29)21-23(29)27(36)31(25(21)34)14-5-6-20(33)9-15-32-26(35)22-19-8-13-30(17-19,11-4-2)24(22)28(32)37/h3-4,7-8,12-13,18-24,33H,1-2,5-6,9-11,14-17H2. The van der Waals surface area contributed by atoms with E-state index in [2.05, 4.69) is 37.5 Å². The Kier molecular flexibility index (Phi) is 5.71. The molecule has 6 aliphatic rings. The molecule has 7 nitrogen and oxygen atoms in total. The van der Waals surface area contributed by atoms with Crippen LogP contribution in [0.4, 0.5) is 0 Å². The van der Waals surface area contributed by atoms with Gasteiger partial charge in [0, 0.05) is 23.9 Å². The molecule has 4 amide bonds. The minimum atomic E-state index is -0.713. The summed E-state index contributed by atoms with van der Waals surface area (Å²) in [6.07, 6.45) is 15.6. The zero-order valence-corrected chi connectivity index (χ0v) is 21.3. The summed E-state index contributed by atoms with van der Waals surface area (Å²) >= 11 is 0. The number of allylic oxidation sites excluding steroid dienone is 6. The normalized spacial score (nSPS) is 41.3. The van der Waals surface area contributed by atoms with Crippen LogP contribution in [0.3, 0.4) is 0 Å². The lowest BCUT2D eigenvalue weighted by Crippen LogP contribution is -2.37. The Labute approximate surface area is 217 Å². The second kappa shape index (κ2) is 8.62. The molecule has 0 aromatic carbocycles. The van der Waals surface area contributed by atoms with Gasteiger partial charge < -0.3 is 5.11 Å². The number of fused-ring (bicyclic) bond motifs is 10. The topological polar surface area (TPSA) is 95.0 Å². The van der Waals surface area contributed by atoms with E-state index in [0.29, 0.717) is 38.6 Å². The van der Waals surface area contributed by atoms with E-state index in [4.69, 9.17) is 0 Å². The van der Waals surface area contributed by atoms with Crippen LogP contribution in [0.15, 0.2) is 49.6 Å². The highest BCUT2D eigenvalue weighted by Crippen LogP contribution is 2.62. The van der Waals surface area contributed by atoms with Gasteiger partial charge in [-0.15, -0.1) is 13.2 Å². The van der Waals surface area contributed by atoms with Crippen LogP contribution in [0.1, 0.15) is 44.9 Å². The lowest BCUT2D eigenvalue weighted by atomic mass is 9.72. The molecule has 9 unspecified atom stereocenters. The van der Waals surface area contributed by atoms with Crippen LogP contribution in [0.2, 0.25) is 0 Å². The molecule has 0 aromatic rings. The molecule has 0 spiro atoms. The molecule has 4 aliphatic carbocycles. The molecular formula is C30H36N2O5. The minimum absolute atomic E-state index is 0.0822. The van der Waals surface area contributed by atoms with Gasteiger partial charge in [0.25, 0.3) is 0 Å². The van der Waals surface area contributed by atoms with E-state index < -0.39 is 6.10 Å². The molecule has 0 aromatic heterocycles. The van der Waals surface area contributed by atoms with E-state index in [9.17, 15) is 24.3 Å². The Morgan fingerprint density at radius 3 is 1.78 bits per heavy atom. The van der Waals surface area contributed by atoms with Crippen molar-refractivity contribution >= 4 is 23.6 Å². The van der Waals surface area contributed by atoms with Crippen molar-refractivity contribution in [2.24, 2.45) is 46.3 Å². The van der Waals surface area contributed by atoms with Crippen molar-refractivity contribution in [2.75, 3.05) is 13.1 Å². The van der Waals surface area contributed by atoms with E-state index in [1.165, 1.54) is 9.80 Å². The maximum Gasteiger partial charge on any atom is 0.234 e. The average molecular weight is 505 g/mol. The number of likely N-dealkylation sites (tertiary alicyclic amines) is 2. The van der Waals surface area contributed by atoms with Crippen LogP contribution in [0.5, 0.6) is 0 Å². The summed E-state index contributed by atoms with van der Waals surface area (Å²) in [6, 6.07) is 0. The molecule has 4 fully saturated rings. The lowest BCUT2D eigenvalue weighted by Gasteiger charge is -2.29. The highest BCUT2D eigenvalue weighted by atomic mass is 16.3. The summed E-state index contributed by atoms with van der Waals surface area (Å²) in [5, 5.41) is 10.6. The fourth-order valence-electron chi connectivity index (χ4n) is 8.75. The van der Waals surface area contributed by atoms with E-state index >= 15 is 0 Å². The van der Waals surface area contributed by atoms with Gasteiger partial charge in [-0.05, 0) is 56.8 Å². The number of carbonyl (C=O) groups excluding carboxylic acids is 4. The number of aliphatic hydroxyl groups excluding tert-OH is 1. The van der Waals surface area contributed by atoms with Gasteiger partial charge in [-0.25, -0.2) is 0 Å². The van der Waals surface area contributed by atoms with E-state index in [-0.39, 0.29) is 76.5 Å². The van der Waals surface area contributed by atoms with Gasteiger partial charge in [-0.1, -0.05) is 36.5 Å². The lowest BCUT2D eigenvalue weighted by molar-refractivity contribution is -0.143. The maximum atomic E-state index is 13.2. The van der Waals surface area contributed by atoms with Gasteiger partial charge in [0.1, 0.15) is 0 Å². The molecule has 9 atom stereocenters. The van der Waals surface area contributed by atoms with Crippen LogP contribution in [-0.2, 0) is 19.2 Å². The van der Waals surface area contributed by atoms with Crippen molar-refractivity contribution in [3.05, 3.63) is 49.6 Å². The van der Waals surface area contributed by atoms with Gasteiger partial charge in [0.05, 0.1) is 29.8 Å². The Hall–Kier alpha value is -2.80. The van der Waals surface area contributed by atoms with Gasteiger partial charge in [0.2, 0.25) is 23.6 Å². The molecule has 0 radical (unpaired) electrons. The number of amides is 4. The maximum absolute atomic E-state index is 13.2. The number of carbonyl (C=O) groups is 4. The molecule has 7 heteroatoms. The average Bonchev–Trinajstić information content (AvgIpc) is 3.68. The molecular weight excluding hydrogens is 468 g/mol. The van der Waals surface area contributed by atoms with Crippen molar-refractivity contribution in [1.82, 2.24) is 9.80 Å². The molecule has 2 saturated heterocycles. The van der Waals surface area contributed by atoms with Crippen molar-refractivity contribution < 1.29 is 24.3 Å². The molecule has 4 bridgehead atoms. The molecule has 2 aliphatic heterocycles. The first-order valence-corrected chi connectivity index (χ1v) is 13.8. The predicted octanol–water partition coefficient (Wildman–Crippen LogP) is 3.02. The van der Waals surface area contributed by atoms with Crippen molar-refractivity contribution in [1.29, 1.82) is 0 Å². The van der Waals surface area contributed by atoms with Crippen LogP contribution >= 0.6 is 0 Å². The first-order chi connectivity index (χ1) is 17.8. The predicted molar refractivity (Wildman–Crippen MR) is 136 cm³/mol. The number of imide groups is 2. The van der Waals surface area contributed by atoms with Crippen LogP contribution in [0.25, 0.3) is 0 Å². The second-order valence-electron chi connectivity index (χ2n) is 12.2. The summed E-state index contributed by atoms with van der Waals surface area (Å²) in [5.41, 5.74) is -0.562. The fourth-order valence-corrected chi connectivity index (χ4v) is 8.75. The Morgan fingerprint density at radius 2 is 1.30 bits per heavy atom. The van der Waals surface area contributed by atoms with Crippen molar-refractivity contribution in [3.8, 4) is 0 Å². The number of hydrogen-bond donors (Lipinski definition) is 1. The molecule has 37 heavy (non-hydrogen) atoms. The Morgan fingerprint density at radius 1 is 0.811 bits per heavy atom. The Bertz CT molecular complexity index is 1140. The first kappa shape index (κ1) is 24.5. The van der Waals surface area contributed by atoms with E-state index in [0.717, 1.165) is 12.8 Å². The van der Waals surface area contributed by atoms with Crippen LogP contribution in [0, 0.1) is 46.3 Å². The quantitative estimate of drug-likeness (QED) is 0.345. The third-order valence-electron chi connectivity index (χ3n) is 10.3. The molecule has 196 valence electrons. The molecule has 1 N–H and O–H groups in total. The third kappa shape index (κ3) is 3.35. The van der Waals surface area contributed by atoms with Crippen molar-refractivity contribution in [2.45, 2.75) is 51.0 Å². The highest BCUT2D eigenvalue weighted by molar-refractivity contribution is 6.07. The van der Waals surface area contributed by atoms with E-state index in [1.807, 2.05) is 12.2 Å². The number of aliphatic hydroxyl groups is 1. The number of nitrogens with zero attached hydrogens (tertiary/aromatic N) is 2. The number of rotatable bonds is 11. The summed E-state index contributed by atoms with van der Waals surface area (Å²) in [7, 11) is 0. The molecule has 2 saturated carbocycles. The molecule has 6 rings (SSSR count). The third-order valence-corrected chi connectivity index (χ3v) is 10.3. The summed E-state index contributed by atoms with van der Waals surface area (Å²) in [5.74, 6) is -1.31. The highest BCUT2D eigenvalue weighted by Gasteiger charge is 2.66. The number of hydrogen-bond acceptors (Lipinski definition) is 5.